The standard InChI is InChI=1S/C8H12N2O2S/c11-3-5-4-13-8(10-5)7(12)6-1-2-9-6/h4,6-7,9,11-12H,1-3H2. The van der Waals surface area contributed by atoms with Gasteiger partial charge in [-0.3, -0.25) is 0 Å². The van der Waals surface area contributed by atoms with Gasteiger partial charge in [0.05, 0.1) is 12.3 Å². The lowest BCUT2D eigenvalue weighted by molar-refractivity contribution is 0.0951. The van der Waals surface area contributed by atoms with Crippen molar-refractivity contribution in [3.63, 3.8) is 0 Å². The van der Waals surface area contributed by atoms with Gasteiger partial charge in [-0.05, 0) is 13.0 Å². The number of aliphatic hydroxyl groups excluding tert-OH is 2. The van der Waals surface area contributed by atoms with Gasteiger partial charge in [0, 0.05) is 11.4 Å². The van der Waals surface area contributed by atoms with E-state index < -0.39 is 6.10 Å². The van der Waals surface area contributed by atoms with Crippen LogP contribution >= 0.6 is 11.3 Å². The van der Waals surface area contributed by atoms with Gasteiger partial charge in [0.25, 0.3) is 0 Å². The van der Waals surface area contributed by atoms with Crippen molar-refractivity contribution >= 4 is 11.3 Å². The lowest BCUT2D eigenvalue weighted by atomic mass is 10.0. The SMILES string of the molecule is OCc1csc(C(O)C2CCN2)n1. The molecule has 1 saturated heterocycles. The van der Waals surface area contributed by atoms with Crippen LogP contribution in [0.2, 0.25) is 0 Å². The van der Waals surface area contributed by atoms with Crippen LogP contribution in [0, 0.1) is 0 Å². The maximum Gasteiger partial charge on any atom is 0.123 e. The third-order valence-corrected chi connectivity index (χ3v) is 3.19. The van der Waals surface area contributed by atoms with Gasteiger partial charge >= 0.3 is 0 Å². The lowest BCUT2D eigenvalue weighted by Gasteiger charge is -2.30. The zero-order valence-corrected chi connectivity index (χ0v) is 7.92. The van der Waals surface area contributed by atoms with Gasteiger partial charge in [-0.2, -0.15) is 0 Å². The number of nitrogens with one attached hydrogen (secondary N) is 1. The molecule has 0 saturated carbocycles. The number of aromatic nitrogens is 1. The molecule has 72 valence electrons. The van der Waals surface area contributed by atoms with E-state index in [4.69, 9.17) is 5.11 Å². The van der Waals surface area contributed by atoms with E-state index in [1.807, 2.05) is 0 Å². The Kier molecular flexibility index (Phi) is 2.59. The number of hydrogen-bond donors (Lipinski definition) is 3. The second-order valence-corrected chi connectivity index (χ2v) is 4.02. The molecule has 1 aromatic heterocycles. The van der Waals surface area contributed by atoms with Gasteiger partial charge in [0.15, 0.2) is 0 Å². The number of hydrogen-bond acceptors (Lipinski definition) is 5. The van der Waals surface area contributed by atoms with Crippen LogP contribution in [0.25, 0.3) is 0 Å². The molecule has 5 heteroatoms. The molecule has 0 amide bonds. The molecule has 4 nitrogen and oxygen atoms in total. The molecule has 0 spiro atoms. The highest BCUT2D eigenvalue weighted by atomic mass is 32.1. The van der Waals surface area contributed by atoms with Crippen molar-refractivity contribution in [3.05, 3.63) is 16.1 Å². The molecule has 2 rings (SSSR count). The first kappa shape index (κ1) is 9.08. The van der Waals surface area contributed by atoms with Crippen molar-refractivity contribution in [2.24, 2.45) is 0 Å². The minimum Gasteiger partial charge on any atom is -0.390 e. The number of aliphatic hydroxyl groups is 2. The third-order valence-electron chi connectivity index (χ3n) is 2.23. The van der Waals surface area contributed by atoms with Gasteiger partial charge in [0.2, 0.25) is 0 Å². The molecule has 1 aliphatic rings. The van der Waals surface area contributed by atoms with Crippen LogP contribution in [-0.4, -0.2) is 27.8 Å². The van der Waals surface area contributed by atoms with Gasteiger partial charge in [0.1, 0.15) is 11.1 Å². The monoisotopic (exact) mass is 200 g/mol. The average Bonchev–Trinajstić information content (AvgIpc) is 2.48. The van der Waals surface area contributed by atoms with Crippen molar-refractivity contribution in [1.29, 1.82) is 0 Å². The second kappa shape index (κ2) is 3.71. The highest BCUT2D eigenvalue weighted by Gasteiger charge is 2.28. The molecule has 0 aromatic carbocycles. The Hall–Kier alpha value is -0.490. The first-order valence-corrected chi connectivity index (χ1v) is 5.16. The van der Waals surface area contributed by atoms with Crippen LogP contribution < -0.4 is 5.32 Å². The number of rotatable bonds is 3. The van der Waals surface area contributed by atoms with Gasteiger partial charge in [-0.25, -0.2) is 4.98 Å². The summed E-state index contributed by atoms with van der Waals surface area (Å²) in [4.78, 5) is 4.11. The van der Waals surface area contributed by atoms with E-state index in [1.54, 1.807) is 5.38 Å². The Morgan fingerprint density at radius 1 is 1.77 bits per heavy atom. The summed E-state index contributed by atoms with van der Waals surface area (Å²) < 4.78 is 0. The van der Waals surface area contributed by atoms with E-state index in [-0.39, 0.29) is 12.6 Å². The van der Waals surface area contributed by atoms with Crippen LogP contribution in [0.1, 0.15) is 23.2 Å². The predicted molar refractivity (Wildman–Crippen MR) is 49.4 cm³/mol. The summed E-state index contributed by atoms with van der Waals surface area (Å²) in [5, 5.41) is 24.1. The second-order valence-electron chi connectivity index (χ2n) is 3.13. The molecule has 2 atom stereocenters. The Balaban J connectivity index is 2.05. The minimum absolute atomic E-state index is 0.0543. The summed E-state index contributed by atoms with van der Waals surface area (Å²) in [7, 11) is 0. The molecule has 2 unspecified atom stereocenters. The van der Waals surface area contributed by atoms with Gasteiger partial charge in [-0.15, -0.1) is 11.3 Å². The molecule has 1 aliphatic heterocycles. The van der Waals surface area contributed by atoms with Gasteiger partial charge < -0.3 is 15.5 Å². The van der Waals surface area contributed by atoms with Gasteiger partial charge in [-0.1, -0.05) is 0 Å². The molecule has 2 heterocycles. The fourth-order valence-electron chi connectivity index (χ4n) is 1.28. The highest BCUT2D eigenvalue weighted by Crippen LogP contribution is 2.25. The first-order chi connectivity index (χ1) is 6.31. The summed E-state index contributed by atoms with van der Waals surface area (Å²) in [5.41, 5.74) is 0.637. The average molecular weight is 200 g/mol. The maximum atomic E-state index is 9.75. The van der Waals surface area contributed by atoms with Crippen molar-refractivity contribution in [1.82, 2.24) is 10.3 Å². The van der Waals surface area contributed by atoms with Crippen LogP contribution in [0.5, 0.6) is 0 Å². The largest absolute Gasteiger partial charge is 0.390 e. The fraction of sp³-hybridized carbons (Fsp3) is 0.625. The Morgan fingerprint density at radius 3 is 3.00 bits per heavy atom. The van der Waals surface area contributed by atoms with Crippen molar-refractivity contribution in [3.8, 4) is 0 Å². The minimum atomic E-state index is -0.515. The van der Waals surface area contributed by atoms with Crippen molar-refractivity contribution in [2.45, 2.75) is 25.2 Å². The summed E-state index contributed by atoms with van der Waals surface area (Å²) in [5.74, 6) is 0. The zero-order chi connectivity index (χ0) is 9.26. The summed E-state index contributed by atoms with van der Waals surface area (Å²) in [6.07, 6.45) is 0.480. The lowest BCUT2D eigenvalue weighted by Crippen LogP contribution is -2.46. The van der Waals surface area contributed by atoms with E-state index in [9.17, 15) is 5.11 Å². The molecule has 0 aliphatic carbocycles. The topological polar surface area (TPSA) is 65.4 Å². The van der Waals surface area contributed by atoms with E-state index in [1.165, 1.54) is 11.3 Å². The Morgan fingerprint density at radius 2 is 2.54 bits per heavy atom. The number of nitrogens with zero attached hydrogens (tertiary/aromatic N) is 1. The summed E-state index contributed by atoms with van der Waals surface area (Å²) in [6, 6.07) is 0.151. The summed E-state index contributed by atoms with van der Waals surface area (Å²) in [6.45, 7) is 0.918. The van der Waals surface area contributed by atoms with Crippen molar-refractivity contribution in [2.75, 3.05) is 6.54 Å². The van der Waals surface area contributed by atoms with Crippen LogP contribution in [0.4, 0.5) is 0 Å². The molecular weight excluding hydrogens is 188 g/mol. The molecule has 0 radical (unpaired) electrons. The summed E-state index contributed by atoms with van der Waals surface area (Å²) >= 11 is 1.40. The number of thiazole rings is 1. The van der Waals surface area contributed by atoms with Crippen LogP contribution in [0.3, 0.4) is 0 Å². The smallest absolute Gasteiger partial charge is 0.123 e. The molecule has 13 heavy (non-hydrogen) atoms. The first-order valence-electron chi connectivity index (χ1n) is 4.28. The fourth-order valence-corrected chi connectivity index (χ4v) is 2.14. The zero-order valence-electron chi connectivity index (χ0n) is 7.10. The van der Waals surface area contributed by atoms with E-state index in [2.05, 4.69) is 10.3 Å². The van der Waals surface area contributed by atoms with Crippen LogP contribution in [0.15, 0.2) is 5.38 Å². The van der Waals surface area contributed by atoms with Crippen LogP contribution in [-0.2, 0) is 6.61 Å². The predicted octanol–water partition coefficient (Wildman–Crippen LogP) is 0.0307. The van der Waals surface area contributed by atoms with E-state index in [0.29, 0.717) is 10.7 Å². The van der Waals surface area contributed by atoms with Crippen molar-refractivity contribution < 1.29 is 10.2 Å². The molecule has 3 N–H and O–H groups in total. The Bertz CT molecular complexity index is 285. The normalized spacial score (nSPS) is 24.0. The van der Waals surface area contributed by atoms with E-state index in [0.717, 1.165) is 13.0 Å². The van der Waals surface area contributed by atoms with E-state index >= 15 is 0 Å². The molecular formula is C8H12N2O2S. The molecule has 0 bridgehead atoms. The Labute approximate surface area is 80.2 Å². The maximum absolute atomic E-state index is 9.75. The molecule has 1 fully saturated rings. The molecule has 1 aromatic rings. The highest BCUT2D eigenvalue weighted by molar-refractivity contribution is 7.09. The third kappa shape index (κ3) is 1.73. The quantitative estimate of drug-likeness (QED) is 0.644.